The highest BCUT2D eigenvalue weighted by Gasteiger charge is 2.52. The van der Waals surface area contributed by atoms with Crippen LogP contribution in [0.1, 0.15) is 17.3 Å². The van der Waals surface area contributed by atoms with Gasteiger partial charge in [-0.25, -0.2) is 22.2 Å². The summed E-state index contributed by atoms with van der Waals surface area (Å²) in [5.41, 5.74) is -4.54. The van der Waals surface area contributed by atoms with Crippen molar-refractivity contribution in [1.82, 2.24) is 25.2 Å². The van der Waals surface area contributed by atoms with Crippen molar-refractivity contribution in [3.8, 4) is 0 Å². The maximum atomic E-state index is 14.4. The van der Waals surface area contributed by atoms with Crippen LogP contribution in [0.25, 0.3) is 0 Å². The highest BCUT2D eigenvalue weighted by molar-refractivity contribution is 7.99. The number of halogens is 7. The molecule has 6 nitrogen and oxygen atoms in total. The molecule has 0 aliphatic carbocycles. The van der Waals surface area contributed by atoms with Gasteiger partial charge in [0, 0.05) is 22.7 Å². The average Bonchev–Trinajstić information content (AvgIpc) is 3.20. The number of thioether (sulfide) groups is 1. The van der Waals surface area contributed by atoms with E-state index in [0.717, 1.165) is 18.6 Å². The first-order valence-corrected chi connectivity index (χ1v) is 9.35. The van der Waals surface area contributed by atoms with Crippen molar-refractivity contribution in [2.75, 3.05) is 5.75 Å². The van der Waals surface area contributed by atoms with Crippen LogP contribution < -0.4 is 0 Å². The average molecular weight is 467 g/mol. The van der Waals surface area contributed by atoms with Crippen molar-refractivity contribution in [3.63, 3.8) is 0 Å². The number of aromatic nitrogens is 5. The Morgan fingerprint density at radius 2 is 1.84 bits per heavy atom. The molecule has 0 spiro atoms. The molecule has 0 saturated heterocycles. The third kappa shape index (κ3) is 4.95. The molecule has 2 aromatic heterocycles. The molecule has 0 aliphatic heterocycles. The second-order valence-electron chi connectivity index (χ2n) is 6.27. The zero-order valence-electron chi connectivity index (χ0n) is 15.1. The van der Waals surface area contributed by atoms with Gasteiger partial charge >= 0.3 is 6.18 Å². The summed E-state index contributed by atoms with van der Waals surface area (Å²) >= 11 is 0.413. The summed E-state index contributed by atoms with van der Waals surface area (Å²) in [6.45, 7) is 0. The maximum absolute atomic E-state index is 14.4. The summed E-state index contributed by atoms with van der Waals surface area (Å²) in [5.74, 6) is -3.70. The van der Waals surface area contributed by atoms with Gasteiger partial charge in [-0.1, -0.05) is 0 Å². The minimum absolute atomic E-state index is 0.0742. The third-order valence-electron chi connectivity index (χ3n) is 4.18. The third-order valence-corrected chi connectivity index (χ3v) is 5.23. The van der Waals surface area contributed by atoms with Gasteiger partial charge < -0.3 is 5.11 Å². The number of rotatable bonds is 7. The molecule has 0 saturated carbocycles. The number of hydrogen-bond donors (Lipinski definition) is 1. The lowest BCUT2D eigenvalue weighted by atomic mass is 9.84. The van der Waals surface area contributed by atoms with Gasteiger partial charge in [-0.15, -0.1) is 16.9 Å². The Kier molecular flexibility index (Phi) is 6.50. The summed E-state index contributed by atoms with van der Waals surface area (Å²) in [4.78, 5) is 3.94. The maximum Gasteiger partial charge on any atom is 0.398 e. The molecule has 2 heterocycles. The Hall–Kier alpha value is -2.74. The Balaban J connectivity index is 2.08. The molecule has 31 heavy (non-hydrogen) atoms. The van der Waals surface area contributed by atoms with Gasteiger partial charge in [0.05, 0.1) is 11.4 Å². The van der Waals surface area contributed by atoms with Gasteiger partial charge in [-0.05, 0) is 34.7 Å². The molecule has 14 heteroatoms. The van der Waals surface area contributed by atoms with Gasteiger partial charge in [0.25, 0.3) is 6.43 Å². The lowest BCUT2D eigenvalue weighted by molar-refractivity contribution is -0.131. The number of benzene rings is 1. The van der Waals surface area contributed by atoms with E-state index in [1.807, 2.05) is 0 Å². The van der Waals surface area contributed by atoms with E-state index < -0.39 is 47.2 Å². The van der Waals surface area contributed by atoms with Gasteiger partial charge in [0.2, 0.25) is 0 Å². The Labute approximate surface area is 174 Å². The minimum atomic E-state index is -4.44. The highest BCUT2D eigenvalue weighted by atomic mass is 32.2. The van der Waals surface area contributed by atoms with E-state index in [1.54, 1.807) is 0 Å². The van der Waals surface area contributed by atoms with Crippen molar-refractivity contribution >= 4 is 11.8 Å². The van der Waals surface area contributed by atoms with Crippen LogP contribution in [-0.4, -0.2) is 48.7 Å². The number of pyridine rings is 1. The standard InChI is InChI=1S/C17H12F7N5OS/c18-9-1-3-11(12(19)5-9)17(30,15(20)21)14(29-8-26-27-28-29)13-4-2-10(6-25-13)31-7-16(22,23)24/h1-6,8,14-15,30H,7H2. The molecule has 1 aromatic carbocycles. The molecule has 166 valence electrons. The quantitative estimate of drug-likeness (QED) is 0.422. The minimum Gasteiger partial charge on any atom is -0.377 e. The zero-order valence-corrected chi connectivity index (χ0v) is 16.0. The van der Waals surface area contributed by atoms with Crippen molar-refractivity contribution < 1.29 is 35.8 Å². The van der Waals surface area contributed by atoms with Crippen LogP contribution in [0, 0.1) is 11.6 Å². The Morgan fingerprint density at radius 1 is 1.10 bits per heavy atom. The fourth-order valence-corrected chi connectivity index (χ4v) is 3.47. The first kappa shape index (κ1) is 22.9. The zero-order chi connectivity index (χ0) is 22.8. The number of aliphatic hydroxyl groups is 1. The van der Waals surface area contributed by atoms with E-state index in [4.69, 9.17) is 0 Å². The first-order chi connectivity index (χ1) is 14.5. The Bertz CT molecular complexity index is 1020. The summed E-state index contributed by atoms with van der Waals surface area (Å²) in [6, 6.07) is 2.02. The molecule has 0 bridgehead atoms. The van der Waals surface area contributed by atoms with Crippen LogP contribution >= 0.6 is 11.8 Å². The molecule has 0 radical (unpaired) electrons. The van der Waals surface area contributed by atoms with Gasteiger partial charge in [-0.3, -0.25) is 4.98 Å². The second-order valence-corrected chi connectivity index (χ2v) is 7.31. The molecular weight excluding hydrogens is 455 g/mol. The first-order valence-electron chi connectivity index (χ1n) is 8.36. The monoisotopic (exact) mass is 467 g/mol. The molecule has 1 N–H and O–H groups in total. The predicted octanol–water partition coefficient (Wildman–Crippen LogP) is 3.74. The Morgan fingerprint density at radius 3 is 2.35 bits per heavy atom. The molecule has 3 aromatic rings. The van der Waals surface area contributed by atoms with Crippen LogP contribution in [-0.2, 0) is 5.60 Å². The smallest absolute Gasteiger partial charge is 0.377 e. The van der Waals surface area contributed by atoms with E-state index in [9.17, 15) is 35.8 Å². The predicted molar refractivity (Wildman–Crippen MR) is 93.2 cm³/mol. The largest absolute Gasteiger partial charge is 0.398 e. The molecule has 0 aliphatic rings. The van der Waals surface area contributed by atoms with E-state index in [2.05, 4.69) is 20.5 Å². The van der Waals surface area contributed by atoms with Crippen molar-refractivity contribution in [3.05, 3.63) is 65.7 Å². The van der Waals surface area contributed by atoms with E-state index in [1.165, 1.54) is 6.07 Å². The summed E-state index contributed by atoms with van der Waals surface area (Å²) in [5, 5.41) is 21.1. The molecule has 3 rings (SSSR count). The second kappa shape index (κ2) is 8.78. The molecule has 2 unspecified atom stereocenters. The fourth-order valence-electron chi connectivity index (χ4n) is 2.85. The van der Waals surface area contributed by atoms with Crippen LogP contribution in [0.4, 0.5) is 30.7 Å². The normalized spacial score (nSPS) is 15.1. The summed E-state index contributed by atoms with van der Waals surface area (Å²) < 4.78 is 93.8. The number of hydrogen-bond acceptors (Lipinski definition) is 6. The van der Waals surface area contributed by atoms with E-state index in [0.29, 0.717) is 34.6 Å². The number of nitrogens with zero attached hydrogens (tertiary/aromatic N) is 5. The van der Waals surface area contributed by atoms with Crippen molar-refractivity contribution in [2.45, 2.75) is 29.1 Å². The van der Waals surface area contributed by atoms with Gasteiger partial charge in [0.1, 0.15) is 24.0 Å². The lowest BCUT2D eigenvalue weighted by Gasteiger charge is -2.35. The highest BCUT2D eigenvalue weighted by Crippen LogP contribution is 2.43. The van der Waals surface area contributed by atoms with E-state index in [-0.39, 0.29) is 10.6 Å². The van der Waals surface area contributed by atoms with Crippen molar-refractivity contribution in [2.24, 2.45) is 0 Å². The molecular formula is C17H12F7N5OS. The van der Waals surface area contributed by atoms with Crippen LogP contribution in [0.3, 0.4) is 0 Å². The summed E-state index contributed by atoms with van der Waals surface area (Å²) in [6.07, 6.45) is -6.21. The molecule has 0 amide bonds. The topological polar surface area (TPSA) is 76.7 Å². The fraction of sp³-hybridized carbons (Fsp3) is 0.294. The van der Waals surface area contributed by atoms with Gasteiger partial charge in [0.15, 0.2) is 5.60 Å². The van der Waals surface area contributed by atoms with Crippen LogP contribution in [0.15, 0.2) is 47.8 Å². The molecule has 2 atom stereocenters. The van der Waals surface area contributed by atoms with Crippen LogP contribution in [0.5, 0.6) is 0 Å². The number of tetrazole rings is 1. The van der Waals surface area contributed by atoms with Crippen LogP contribution in [0.2, 0.25) is 0 Å². The summed E-state index contributed by atoms with van der Waals surface area (Å²) in [7, 11) is 0. The van der Waals surface area contributed by atoms with Gasteiger partial charge in [-0.2, -0.15) is 13.2 Å². The molecule has 0 fully saturated rings. The SMILES string of the molecule is OC(c1ccc(F)cc1F)(C(F)F)C(c1ccc(SCC(F)(F)F)cn1)n1cnnn1. The van der Waals surface area contributed by atoms with E-state index >= 15 is 0 Å². The van der Waals surface area contributed by atoms with Crippen molar-refractivity contribution in [1.29, 1.82) is 0 Å². The number of alkyl halides is 5. The lowest BCUT2D eigenvalue weighted by Crippen LogP contribution is -2.45.